The number of aromatic nitrogens is 1. The average molecular weight is 301 g/mol. The zero-order chi connectivity index (χ0) is 15.0. The number of hydrogen-bond donors (Lipinski definition) is 1. The number of rotatable bonds is 5. The molecule has 0 bridgehead atoms. The van der Waals surface area contributed by atoms with Gasteiger partial charge in [-0.1, -0.05) is 0 Å². The molecule has 0 spiro atoms. The van der Waals surface area contributed by atoms with Crippen molar-refractivity contribution in [3.8, 4) is 6.07 Å². The van der Waals surface area contributed by atoms with Crippen molar-refractivity contribution < 1.29 is 4.79 Å². The summed E-state index contributed by atoms with van der Waals surface area (Å²) in [5.41, 5.74) is 1.86. The van der Waals surface area contributed by atoms with Crippen LogP contribution in [-0.4, -0.2) is 23.2 Å². The van der Waals surface area contributed by atoms with Gasteiger partial charge < -0.3 is 5.32 Å². The molecule has 1 aromatic heterocycles. The molecule has 5 heteroatoms. The molecule has 21 heavy (non-hydrogen) atoms. The maximum atomic E-state index is 12.5. The summed E-state index contributed by atoms with van der Waals surface area (Å²) in [6.45, 7) is 2.04. The van der Waals surface area contributed by atoms with E-state index in [4.69, 9.17) is 0 Å². The largest absolute Gasteiger partial charge is 0.349 e. The van der Waals surface area contributed by atoms with E-state index in [2.05, 4.69) is 16.4 Å². The van der Waals surface area contributed by atoms with Crippen LogP contribution in [0, 0.1) is 17.2 Å². The van der Waals surface area contributed by atoms with Gasteiger partial charge in [0.05, 0.1) is 11.1 Å². The Balaban J connectivity index is 1.92. The summed E-state index contributed by atoms with van der Waals surface area (Å²) in [4.78, 5) is 17.1. The third-order valence-electron chi connectivity index (χ3n) is 4.24. The van der Waals surface area contributed by atoms with Crippen LogP contribution in [0.3, 0.4) is 0 Å². The van der Waals surface area contributed by atoms with Gasteiger partial charge in [-0.15, -0.1) is 11.8 Å². The van der Waals surface area contributed by atoms with Crippen LogP contribution in [0.2, 0.25) is 0 Å². The van der Waals surface area contributed by atoms with Gasteiger partial charge in [-0.05, 0) is 50.8 Å². The van der Waals surface area contributed by atoms with E-state index in [0.717, 1.165) is 18.5 Å². The predicted octanol–water partition coefficient (Wildman–Crippen LogP) is 3.08. The van der Waals surface area contributed by atoms with E-state index >= 15 is 0 Å². The maximum Gasteiger partial charge on any atom is 0.253 e. The average Bonchev–Trinajstić information content (AvgIpc) is 3.37. The van der Waals surface area contributed by atoms with E-state index in [9.17, 15) is 10.1 Å². The molecule has 2 aliphatic rings. The van der Waals surface area contributed by atoms with Crippen molar-refractivity contribution in [2.45, 2.75) is 49.6 Å². The highest BCUT2D eigenvalue weighted by Gasteiger charge is 2.31. The van der Waals surface area contributed by atoms with E-state index in [0.29, 0.717) is 28.0 Å². The fourth-order valence-electron chi connectivity index (χ4n) is 2.56. The van der Waals surface area contributed by atoms with Crippen molar-refractivity contribution in [2.75, 3.05) is 6.26 Å². The highest BCUT2D eigenvalue weighted by atomic mass is 32.2. The molecule has 2 fully saturated rings. The van der Waals surface area contributed by atoms with Crippen LogP contribution in [-0.2, 0) is 0 Å². The van der Waals surface area contributed by atoms with Crippen molar-refractivity contribution >= 4 is 17.7 Å². The zero-order valence-corrected chi connectivity index (χ0v) is 13.2. The first-order valence-electron chi connectivity index (χ1n) is 7.44. The Morgan fingerprint density at radius 1 is 1.48 bits per heavy atom. The minimum atomic E-state index is -0.134. The van der Waals surface area contributed by atoms with Gasteiger partial charge in [0.2, 0.25) is 0 Å². The van der Waals surface area contributed by atoms with Gasteiger partial charge in [-0.2, -0.15) is 5.26 Å². The number of carbonyl (C=O) groups excluding carboxylic acids is 1. The van der Waals surface area contributed by atoms with Gasteiger partial charge >= 0.3 is 0 Å². The van der Waals surface area contributed by atoms with Gasteiger partial charge in [0, 0.05) is 17.7 Å². The number of nitrogens with one attached hydrogen (secondary N) is 1. The normalized spacial score (nSPS) is 18.9. The van der Waals surface area contributed by atoms with Gasteiger partial charge in [-0.3, -0.25) is 4.79 Å². The van der Waals surface area contributed by atoms with E-state index < -0.39 is 0 Å². The summed E-state index contributed by atoms with van der Waals surface area (Å²) in [5.74, 6) is 0.936. The second-order valence-electron chi connectivity index (χ2n) is 5.96. The molecule has 1 heterocycles. The van der Waals surface area contributed by atoms with Gasteiger partial charge in [0.25, 0.3) is 5.91 Å². The van der Waals surface area contributed by atoms with Gasteiger partial charge in [-0.25, -0.2) is 4.98 Å². The van der Waals surface area contributed by atoms with Crippen LogP contribution >= 0.6 is 11.8 Å². The number of hydrogen-bond acceptors (Lipinski definition) is 4. The molecule has 0 unspecified atom stereocenters. The summed E-state index contributed by atoms with van der Waals surface area (Å²) >= 11 is 1.43. The second-order valence-corrected chi connectivity index (χ2v) is 6.76. The monoisotopic (exact) mass is 301 g/mol. The number of nitrogens with zero attached hydrogens (tertiary/aromatic N) is 2. The van der Waals surface area contributed by atoms with E-state index in [1.165, 1.54) is 24.6 Å². The van der Waals surface area contributed by atoms with Crippen molar-refractivity contribution in [3.05, 3.63) is 22.9 Å². The first-order chi connectivity index (χ1) is 10.1. The summed E-state index contributed by atoms with van der Waals surface area (Å²) in [7, 11) is 0. The molecular weight excluding hydrogens is 282 g/mol. The highest BCUT2D eigenvalue weighted by molar-refractivity contribution is 7.98. The standard InChI is InChI=1S/C16H19N3OS/c1-9(10-3-4-10)18-15(20)12-7-14(11-5-6-11)19-16(21-2)13(12)8-17/h7,9-11H,3-6H2,1-2H3,(H,18,20)/t9-/m1/s1. The summed E-state index contributed by atoms with van der Waals surface area (Å²) < 4.78 is 0. The lowest BCUT2D eigenvalue weighted by atomic mass is 10.1. The van der Waals surface area contributed by atoms with Crippen molar-refractivity contribution in [2.24, 2.45) is 5.92 Å². The highest BCUT2D eigenvalue weighted by Crippen LogP contribution is 2.40. The van der Waals surface area contributed by atoms with Crippen LogP contribution < -0.4 is 5.32 Å². The lowest BCUT2D eigenvalue weighted by Crippen LogP contribution is -2.34. The fraction of sp³-hybridized carbons (Fsp3) is 0.562. The minimum absolute atomic E-state index is 0.134. The first kappa shape index (κ1) is 14.4. The summed E-state index contributed by atoms with van der Waals surface area (Å²) in [5, 5.41) is 13.1. The number of pyridine rings is 1. The number of amides is 1. The third-order valence-corrected chi connectivity index (χ3v) is 4.92. The van der Waals surface area contributed by atoms with Crippen LogP contribution in [0.1, 0.15) is 60.1 Å². The molecule has 2 aliphatic carbocycles. The van der Waals surface area contributed by atoms with Gasteiger partial charge in [0.15, 0.2) is 0 Å². The molecule has 2 saturated carbocycles. The fourth-order valence-corrected chi connectivity index (χ4v) is 3.12. The lowest BCUT2D eigenvalue weighted by Gasteiger charge is -2.15. The molecule has 110 valence electrons. The molecule has 0 aromatic carbocycles. The molecule has 4 nitrogen and oxygen atoms in total. The SMILES string of the molecule is CSc1nc(C2CC2)cc(C(=O)N[C@H](C)C2CC2)c1C#N. The van der Waals surface area contributed by atoms with Crippen molar-refractivity contribution in [1.29, 1.82) is 5.26 Å². The molecule has 1 atom stereocenters. The Morgan fingerprint density at radius 2 is 2.19 bits per heavy atom. The quantitative estimate of drug-likeness (QED) is 0.849. The number of nitriles is 1. The van der Waals surface area contributed by atoms with Crippen LogP contribution in [0.15, 0.2) is 11.1 Å². The molecule has 0 saturated heterocycles. The Kier molecular flexibility index (Phi) is 3.90. The predicted molar refractivity (Wildman–Crippen MR) is 82.4 cm³/mol. The van der Waals surface area contributed by atoms with Crippen molar-refractivity contribution in [1.82, 2.24) is 10.3 Å². The molecule has 1 amide bonds. The van der Waals surface area contributed by atoms with E-state index in [-0.39, 0.29) is 11.9 Å². The summed E-state index contributed by atoms with van der Waals surface area (Å²) in [6.07, 6.45) is 6.53. The summed E-state index contributed by atoms with van der Waals surface area (Å²) in [6, 6.07) is 4.16. The smallest absolute Gasteiger partial charge is 0.253 e. The Labute approximate surface area is 129 Å². The van der Waals surface area contributed by atoms with Crippen molar-refractivity contribution in [3.63, 3.8) is 0 Å². The minimum Gasteiger partial charge on any atom is -0.349 e. The second kappa shape index (κ2) is 5.69. The van der Waals surface area contributed by atoms with E-state index in [1.54, 1.807) is 0 Å². The Morgan fingerprint density at radius 3 is 2.71 bits per heavy atom. The van der Waals surface area contributed by atoms with Crippen LogP contribution in [0.5, 0.6) is 0 Å². The van der Waals surface area contributed by atoms with Gasteiger partial charge in [0.1, 0.15) is 11.1 Å². The van der Waals surface area contributed by atoms with Crippen LogP contribution in [0.4, 0.5) is 0 Å². The third kappa shape index (κ3) is 3.06. The molecule has 1 N–H and O–H groups in total. The number of carbonyl (C=O) groups is 1. The topological polar surface area (TPSA) is 65.8 Å². The molecule has 0 aliphatic heterocycles. The lowest BCUT2D eigenvalue weighted by molar-refractivity contribution is 0.0935. The molecule has 3 rings (SSSR count). The van der Waals surface area contributed by atoms with Crippen LogP contribution in [0.25, 0.3) is 0 Å². The van der Waals surface area contributed by atoms with E-state index in [1.807, 2.05) is 19.2 Å². The molecule has 1 aromatic rings. The Bertz CT molecular complexity index is 615. The molecule has 0 radical (unpaired) electrons. The first-order valence-corrected chi connectivity index (χ1v) is 8.66. The number of thioether (sulfide) groups is 1. The maximum absolute atomic E-state index is 12.5. The Hall–Kier alpha value is -1.54. The zero-order valence-electron chi connectivity index (χ0n) is 12.3. The molecular formula is C16H19N3OS.